The van der Waals surface area contributed by atoms with E-state index in [-0.39, 0.29) is 5.91 Å². The van der Waals surface area contributed by atoms with Gasteiger partial charge >= 0.3 is 0 Å². The maximum Gasteiger partial charge on any atom is 0.228 e. The Morgan fingerprint density at radius 3 is 2.53 bits per heavy atom. The molecular formula is C12H14BrNO. The first-order valence-electron chi connectivity index (χ1n) is 5.21. The van der Waals surface area contributed by atoms with Crippen LogP contribution in [0.5, 0.6) is 0 Å². The summed E-state index contributed by atoms with van der Waals surface area (Å²) in [6, 6.07) is 7.94. The lowest BCUT2D eigenvalue weighted by atomic mass is 9.78. The third-order valence-corrected chi connectivity index (χ3v) is 3.80. The monoisotopic (exact) mass is 267 g/mol. The third-order valence-electron chi connectivity index (χ3n) is 3.31. The average molecular weight is 268 g/mol. The van der Waals surface area contributed by atoms with Gasteiger partial charge in [0.2, 0.25) is 5.91 Å². The van der Waals surface area contributed by atoms with Gasteiger partial charge in [0.25, 0.3) is 0 Å². The van der Waals surface area contributed by atoms with E-state index < -0.39 is 5.41 Å². The van der Waals surface area contributed by atoms with E-state index >= 15 is 0 Å². The second-order valence-electron chi connectivity index (χ2n) is 4.16. The van der Waals surface area contributed by atoms with Crippen molar-refractivity contribution in [2.75, 3.05) is 0 Å². The molecule has 2 nitrogen and oxygen atoms in total. The Balaban J connectivity index is 2.45. The third kappa shape index (κ3) is 1.81. The number of amides is 1. The summed E-state index contributed by atoms with van der Waals surface area (Å²) in [5.74, 6) is -0.182. The highest BCUT2D eigenvalue weighted by atomic mass is 79.9. The Morgan fingerprint density at radius 2 is 2.00 bits per heavy atom. The molecule has 2 rings (SSSR count). The SMILES string of the molecule is NC(=O)C1(c2cccc(Br)c2)CCCC1. The number of hydrogen-bond donors (Lipinski definition) is 1. The largest absolute Gasteiger partial charge is 0.369 e. The summed E-state index contributed by atoms with van der Waals surface area (Å²) in [7, 11) is 0. The number of carbonyl (C=O) groups is 1. The first kappa shape index (κ1) is 10.7. The molecule has 0 radical (unpaired) electrons. The standard InChI is InChI=1S/C12H14BrNO/c13-10-5-3-4-9(8-10)12(11(14)15)6-1-2-7-12/h3-5,8H,1-2,6-7H2,(H2,14,15). The van der Waals surface area contributed by atoms with E-state index in [0.29, 0.717) is 0 Å². The first-order chi connectivity index (χ1) is 7.15. The van der Waals surface area contributed by atoms with E-state index in [4.69, 9.17) is 5.73 Å². The zero-order chi connectivity index (χ0) is 10.9. The van der Waals surface area contributed by atoms with Crippen LogP contribution >= 0.6 is 15.9 Å². The van der Waals surface area contributed by atoms with Crippen molar-refractivity contribution in [3.05, 3.63) is 34.3 Å². The van der Waals surface area contributed by atoms with Crippen LogP contribution in [0.15, 0.2) is 28.7 Å². The van der Waals surface area contributed by atoms with E-state index in [1.165, 1.54) is 0 Å². The van der Waals surface area contributed by atoms with Crippen molar-refractivity contribution < 1.29 is 4.79 Å². The van der Waals surface area contributed by atoms with Crippen LogP contribution < -0.4 is 5.73 Å². The van der Waals surface area contributed by atoms with Gasteiger partial charge < -0.3 is 5.73 Å². The summed E-state index contributed by atoms with van der Waals surface area (Å²) in [5.41, 5.74) is 6.20. The van der Waals surface area contributed by atoms with E-state index in [2.05, 4.69) is 15.9 Å². The number of halogens is 1. The second kappa shape index (κ2) is 3.97. The van der Waals surface area contributed by atoms with Gasteiger partial charge in [-0.05, 0) is 30.5 Å². The maximum atomic E-state index is 11.6. The summed E-state index contributed by atoms with van der Waals surface area (Å²) < 4.78 is 1.01. The van der Waals surface area contributed by atoms with E-state index in [0.717, 1.165) is 35.7 Å². The van der Waals surface area contributed by atoms with E-state index in [1.807, 2.05) is 24.3 Å². The molecule has 3 heteroatoms. The molecule has 0 aromatic heterocycles. The Labute approximate surface area is 98.0 Å². The predicted octanol–water partition coefficient (Wildman–Crippen LogP) is 2.75. The number of benzene rings is 1. The second-order valence-corrected chi connectivity index (χ2v) is 5.08. The number of carbonyl (C=O) groups excluding carboxylic acids is 1. The van der Waals surface area contributed by atoms with E-state index in [9.17, 15) is 4.79 Å². The number of primary amides is 1. The van der Waals surface area contributed by atoms with E-state index in [1.54, 1.807) is 0 Å². The van der Waals surface area contributed by atoms with Crippen LogP contribution in [-0.2, 0) is 10.2 Å². The molecule has 0 heterocycles. The van der Waals surface area contributed by atoms with Crippen molar-refractivity contribution >= 4 is 21.8 Å². The predicted molar refractivity (Wildman–Crippen MR) is 63.5 cm³/mol. The zero-order valence-electron chi connectivity index (χ0n) is 8.50. The summed E-state index contributed by atoms with van der Waals surface area (Å²) in [6.45, 7) is 0. The Kier molecular flexibility index (Phi) is 2.83. The zero-order valence-corrected chi connectivity index (χ0v) is 10.1. The fraction of sp³-hybridized carbons (Fsp3) is 0.417. The van der Waals surface area contributed by atoms with Gasteiger partial charge in [-0.15, -0.1) is 0 Å². The molecule has 15 heavy (non-hydrogen) atoms. The highest BCUT2D eigenvalue weighted by molar-refractivity contribution is 9.10. The Hall–Kier alpha value is -0.830. The molecule has 0 unspecified atom stereocenters. The van der Waals surface area contributed by atoms with Gasteiger partial charge in [-0.25, -0.2) is 0 Å². The van der Waals surface area contributed by atoms with Crippen LogP contribution in [0.1, 0.15) is 31.2 Å². The lowest BCUT2D eigenvalue weighted by molar-refractivity contribution is -0.123. The summed E-state index contributed by atoms with van der Waals surface area (Å²) in [5, 5.41) is 0. The van der Waals surface area contributed by atoms with Crippen molar-refractivity contribution in [1.82, 2.24) is 0 Å². The topological polar surface area (TPSA) is 43.1 Å². The minimum atomic E-state index is -0.413. The van der Waals surface area contributed by atoms with Crippen molar-refractivity contribution in [1.29, 1.82) is 0 Å². The van der Waals surface area contributed by atoms with Crippen molar-refractivity contribution in [3.8, 4) is 0 Å². The van der Waals surface area contributed by atoms with Gasteiger partial charge in [-0.1, -0.05) is 40.9 Å². The molecule has 1 fully saturated rings. The highest BCUT2D eigenvalue weighted by Crippen LogP contribution is 2.41. The van der Waals surface area contributed by atoms with Crippen LogP contribution in [-0.4, -0.2) is 5.91 Å². The lowest BCUT2D eigenvalue weighted by Crippen LogP contribution is -2.38. The smallest absolute Gasteiger partial charge is 0.228 e. The first-order valence-corrected chi connectivity index (χ1v) is 6.00. The molecule has 1 aliphatic rings. The number of rotatable bonds is 2. The molecule has 0 bridgehead atoms. The van der Waals surface area contributed by atoms with Crippen LogP contribution in [0.4, 0.5) is 0 Å². The Bertz CT molecular complexity index is 383. The molecule has 80 valence electrons. The molecule has 0 saturated heterocycles. The maximum absolute atomic E-state index is 11.6. The molecule has 0 atom stereocenters. The van der Waals surface area contributed by atoms with Crippen LogP contribution in [0.25, 0.3) is 0 Å². The minimum Gasteiger partial charge on any atom is -0.369 e. The minimum absolute atomic E-state index is 0.182. The fourth-order valence-corrected chi connectivity index (χ4v) is 2.84. The molecular weight excluding hydrogens is 254 g/mol. The van der Waals surface area contributed by atoms with Gasteiger partial charge in [-0.3, -0.25) is 4.79 Å². The van der Waals surface area contributed by atoms with Crippen LogP contribution in [0.2, 0.25) is 0 Å². The van der Waals surface area contributed by atoms with Crippen molar-refractivity contribution in [2.24, 2.45) is 5.73 Å². The van der Waals surface area contributed by atoms with Gasteiger partial charge in [0.1, 0.15) is 0 Å². The van der Waals surface area contributed by atoms with Gasteiger partial charge in [-0.2, -0.15) is 0 Å². The molecule has 1 aliphatic carbocycles. The van der Waals surface area contributed by atoms with Gasteiger partial charge in [0.05, 0.1) is 5.41 Å². The summed E-state index contributed by atoms with van der Waals surface area (Å²) in [6.07, 6.45) is 3.96. The van der Waals surface area contributed by atoms with Gasteiger partial charge in [0.15, 0.2) is 0 Å². The average Bonchev–Trinajstić information content (AvgIpc) is 2.67. The molecule has 0 spiro atoms. The molecule has 1 aromatic carbocycles. The number of nitrogens with two attached hydrogens (primary N) is 1. The quantitative estimate of drug-likeness (QED) is 0.880. The Morgan fingerprint density at radius 1 is 1.33 bits per heavy atom. The van der Waals surface area contributed by atoms with Gasteiger partial charge in [0, 0.05) is 4.47 Å². The molecule has 1 amide bonds. The highest BCUT2D eigenvalue weighted by Gasteiger charge is 2.41. The molecule has 1 saturated carbocycles. The normalized spacial score (nSPS) is 19.0. The number of hydrogen-bond acceptors (Lipinski definition) is 1. The molecule has 1 aromatic rings. The fourth-order valence-electron chi connectivity index (χ4n) is 2.44. The summed E-state index contributed by atoms with van der Waals surface area (Å²) in [4.78, 5) is 11.6. The van der Waals surface area contributed by atoms with Crippen LogP contribution in [0, 0.1) is 0 Å². The van der Waals surface area contributed by atoms with Crippen molar-refractivity contribution in [3.63, 3.8) is 0 Å². The molecule has 2 N–H and O–H groups in total. The lowest BCUT2D eigenvalue weighted by Gasteiger charge is -2.25. The summed E-state index contributed by atoms with van der Waals surface area (Å²) >= 11 is 3.43. The van der Waals surface area contributed by atoms with Crippen molar-refractivity contribution in [2.45, 2.75) is 31.1 Å². The molecule has 0 aliphatic heterocycles. The van der Waals surface area contributed by atoms with Crippen LogP contribution in [0.3, 0.4) is 0 Å².